The second-order valence-corrected chi connectivity index (χ2v) is 12.1. The number of carbonyl (C=O) groups is 7. The van der Waals surface area contributed by atoms with Gasteiger partial charge in [-0.1, -0.05) is 48.0 Å². The van der Waals surface area contributed by atoms with Crippen LogP contribution in [0.3, 0.4) is 0 Å². The summed E-state index contributed by atoms with van der Waals surface area (Å²) in [4.78, 5) is 84.8. The van der Waals surface area contributed by atoms with E-state index < -0.39 is 84.8 Å². The number of amides is 6. The van der Waals surface area contributed by atoms with E-state index in [1.807, 2.05) is 20.8 Å². The third kappa shape index (κ3) is 20.1. The Morgan fingerprint density at radius 1 is 0.766 bits per heavy atom. The van der Waals surface area contributed by atoms with E-state index >= 15 is 0 Å². The van der Waals surface area contributed by atoms with Gasteiger partial charge in [0.25, 0.3) is 5.97 Å². The van der Waals surface area contributed by atoms with Gasteiger partial charge in [0, 0.05) is 6.92 Å². The third-order valence-electron chi connectivity index (χ3n) is 7.02. The van der Waals surface area contributed by atoms with Crippen LogP contribution in [0.25, 0.3) is 0 Å². The van der Waals surface area contributed by atoms with Crippen molar-refractivity contribution in [1.82, 2.24) is 26.6 Å². The molecule has 0 saturated carbocycles. The highest BCUT2D eigenvalue weighted by Crippen LogP contribution is 2.11. The molecular weight excluding hydrogens is 616 g/mol. The second kappa shape index (κ2) is 24.4. The minimum atomic E-state index is -1.32. The number of carbonyl (C=O) groups excluding carboxylic acids is 6. The summed E-state index contributed by atoms with van der Waals surface area (Å²) in [6.07, 6.45) is 2.22. The number of unbranched alkanes of at least 4 members (excludes halogenated alkanes) is 1. The molecule has 6 amide bonds. The fraction of sp³-hybridized carbons (Fsp3) is 0.767. The van der Waals surface area contributed by atoms with Gasteiger partial charge in [-0.25, -0.2) is 0 Å². The van der Waals surface area contributed by atoms with Crippen LogP contribution >= 0.6 is 0 Å². The van der Waals surface area contributed by atoms with Crippen molar-refractivity contribution in [2.24, 2.45) is 35.0 Å². The van der Waals surface area contributed by atoms with Crippen LogP contribution in [0.4, 0.5) is 0 Å². The molecule has 47 heavy (non-hydrogen) atoms. The van der Waals surface area contributed by atoms with Gasteiger partial charge >= 0.3 is 0 Å². The van der Waals surface area contributed by atoms with Crippen LogP contribution in [0, 0.1) is 17.8 Å². The van der Waals surface area contributed by atoms with Crippen LogP contribution in [-0.4, -0.2) is 102 Å². The Morgan fingerprint density at radius 3 is 1.74 bits per heavy atom. The fourth-order valence-corrected chi connectivity index (χ4v) is 3.99. The Labute approximate surface area is 277 Å². The highest BCUT2D eigenvalue weighted by atomic mass is 16.4. The van der Waals surface area contributed by atoms with Crippen molar-refractivity contribution in [1.29, 1.82) is 0 Å². The van der Waals surface area contributed by atoms with Crippen LogP contribution in [0.15, 0.2) is 0 Å². The molecule has 0 aromatic heterocycles. The first-order chi connectivity index (χ1) is 21.8. The number of aliphatic carboxylic acids is 1. The average Bonchev–Trinajstić information content (AvgIpc) is 2.98. The van der Waals surface area contributed by atoms with Crippen molar-refractivity contribution in [3.63, 3.8) is 0 Å². The molecule has 0 aromatic rings. The molecule has 0 radical (unpaired) electrons. The Bertz CT molecular complexity index is 1020. The molecule has 0 aliphatic heterocycles. The first kappa shape index (κ1) is 45.3. The average molecular weight is 675 g/mol. The van der Waals surface area contributed by atoms with Crippen LogP contribution in [-0.2, 0) is 33.6 Å². The maximum atomic E-state index is 13.3. The number of hydrogen-bond donors (Lipinski definition) is 10. The van der Waals surface area contributed by atoms with Gasteiger partial charge in [-0.15, -0.1) is 0 Å². The summed E-state index contributed by atoms with van der Waals surface area (Å²) < 4.78 is 0. The number of hydrogen-bond acceptors (Lipinski definition) is 10. The van der Waals surface area contributed by atoms with E-state index in [1.54, 1.807) is 20.8 Å². The lowest BCUT2D eigenvalue weighted by atomic mass is 9.96. The molecule has 13 N–H and O–H groups in total. The normalized spacial score (nSPS) is 14.6. The van der Waals surface area contributed by atoms with Crippen molar-refractivity contribution < 1.29 is 43.8 Å². The van der Waals surface area contributed by atoms with Gasteiger partial charge in [-0.2, -0.15) is 0 Å². The molecule has 0 aliphatic carbocycles. The maximum Gasteiger partial charge on any atom is 0.300 e. The van der Waals surface area contributed by atoms with E-state index in [2.05, 4.69) is 26.6 Å². The number of carboxylic acid groups (broad SMARTS) is 1. The third-order valence-corrected chi connectivity index (χ3v) is 7.02. The summed E-state index contributed by atoms with van der Waals surface area (Å²) in [6, 6.07) is -5.18. The number of aliphatic hydroxyl groups is 1. The number of rotatable bonds is 21. The topological polar surface area (TPSA) is 298 Å². The molecule has 17 nitrogen and oxygen atoms in total. The number of primary amides is 1. The molecule has 6 unspecified atom stereocenters. The minimum Gasteiger partial charge on any atom is -0.481 e. The summed E-state index contributed by atoms with van der Waals surface area (Å²) in [6.45, 7) is 11.1. The zero-order valence-electron chi connectivity index (χ0n) is 28.8. The molecule has 0 aromatic carbocycles. The SMILES string of the molecule is CC(=O)O.CCC(C)C(NC(=O)CNC(=O)C(CCCCN)NC(=O)C(N)C(C)C)C(=O)NC(CC(C)C)C(=O)NC(CO)C(N)=O. The lowest BCUT2D eigenvalue weighted by Crippen LogP contribution is -2.59. The van der Waals surface area contributed by atoms with E-state index in [1.165, 1.54) is 0 Å². The Kier molecular flexibility index (Phi) is 23.5. The van der Waals surface area contributed by atoms with Crippen LogP contribution in [0.1, 0.15) is 80.6 Å². The predicted octanol–water partition coefficient (Wildman–Crippen LogP) is -2.19. The van der Waals surface area contributed by atoms with Gasteiger partial charge in [-0.05, 0) is 50.0 Å². The molecule has 0 heterocycles. The Hall–Kier alpha value is -3.83. The number of nitrogens with two attached hydrogens (primary N) is 3. The quantitative estimate of drug-likeness (QED) is 0.0584. The monoisotopic (exact) mass is 674 g/mol. The lowest BCUT2D eigenvalue weighted by molar-refractivity contribution is -0.135. The highest BCUT2D eigenvalue weighted by Gasteiger charge is 2.32. The summed E-state index contributed by atoms with van der Waals surface area (Å²) in [7, 11) is 0. The smallest absolute Gasteiger partial charge is 0.300 e. The van der Waals surface area contributed by atoms with Gasteiger partial charge in [0.1, 0.15) is 24.2 Å². The predicted molar refractivity (Wildman–Crippen MR) is 175 cm³/mol. The lowest BCUT2D eigenvalue weighted by Gasteiger charge is -2.28. The molecule has 6 atom stereocenters. The van der Waals surface area contributed by atoms with Gasteiger partial charge in [0.05, 0.1) is 19.2 Å². The zero-order valence-corrected chi connectivity index (χ0v) is 28.8. The van der Waals surface area contributed by atoms with Crippen molar-refractivity contribution in [3.8, 4) is 0 Å². The summed E-state index contributed by atoms with van der Waals surface area (Å²) in [5.74, 6) is -5.35. The minimum absolute atomic E-state index is 0.0302. The molecule has 17 heteroatoms. The van der Waals surface area contributed by atoms with Gasteiger partial charge in [-0.3, -0.25) is 33.6 Å². The molecule has 0 spiro atoms. The first-order valence-corrected chi connectivity index (χ1v) is 15.9. The largest absolute Gasteiger partial charge is 0.481 e. The van der Waals surface area contributed by atoms with Gasteiger partial charge in [0.2, 0.25) is 35.4 Å². The summed E-state index contributed by atoms with van der Waals surface area (Å²) >= 11 is 0. The van der Waals surface area contributed by atoms with Crippen molar-refractivity contribution in [2.45, 2.75) is 111 Å². The molecular formula is C30H58N8O9. The van der Waals surface area contributed by atoms with Crippen LogP contribution < -0.4 is 43.8 Å². The molecule has 272 valence electrons. The second-order valence-electron chi connectivity index (χ2n) is 12.1. The van der Waals surface area contributed by atoms with Gasteiger partial charge in [0.15, 0.2) is 0 Å². The molecule has 0 bridgehead atoms. The molecule has 0 rings (SSSR count). The molecule has 0 saturated heterocycles. The molecule has 0 fully saturated rings. The highest BCUT2D eigenvalue weighted by molar-refractivity contribution is 5.95. The summed E-state index contributed by atoms with van der Waals surface area (Å²) in [5.41, 5.74) is 16.7. The van der Waals surface area contributed by atoms with E-state index in [0.29, 0.717) is 32.2 Å². The van der Waals surface area contributed by atoms with E-state index in [0.717, 1.165) is 6.92 Å². The van der Waals surface area contributed by atoms with E-state index in [4.69, 9.17) is 27.1 Å². The van der Waals surface area contributed by atoms with Crippen molar-refractivity contribution in [2.75, 3.05) is 19.7 Å². The number of aliphatic hydroxyl groups excluding tert-OH is 1. The standard InChI is InChI=1S/C28H54N8O7.C2H4O2/c1-7-17(6)23(28(43)34-19(12-15(2)3)26(41)35-20(14-37)24(31)39)36-21(38)13-32-25(40)18(10-8-9-11-29)33-27(42)22(30)16(4)5;1-2(3)4/h15-20,22-23,37H,7-14,29-30H2,1-6H3,(H2,31,39)(H,32,40)(H,33,42)(H,34,43)(H,35,41)(H,36,38);1H3,(H,3,4). The number of carboxylic acids is 1. The van der Waals surface area contributed by atoms with Crippen molar-refractivity contribution in [3.05, 3.63) is 0 Å². The first-order valence-electron chi connectivity index (χ1n) is 15.9. The van der Waals surface area contributed by atoms with Gasteiger partial charge < -0.3 is 54.0 Å². The Morgan fingerprint density at radius 2 is 1.30 bits per heavy atom. The van der Waals surface area contributed by atoms with E-state index in [9.17, 15) is 33.9 Å². The van der Waals surface area contributed by atoms with E-state index in [-0.39, 0.29) is 24.2 Å². The molecule has 0 aliphatic rings. The van der Waals surface area contributed by atoms with Crippen LogP contribution in [0.5, 0.6) is 0 Å². The maximum absolute atomic E-state index is 13.3. The fourth-order valence-electron chi connectivity index (χ4n) is 3.99. The number of nitrogens with one attached hydrogen (secondary N) is 5. The van der Waals surface area contributed by atoms with Crippen LogP contribution in [0.2, 0.25) is 0 Å². The zero-order chi connectivity index (χ0) is 36.9. The summed E-state index contributed by atoms with van der Waals surface area (Å²) in [5, 5.41) is 29.5. The van der Waals surface area contributed by atoms with Crippen molar-refractivity contribution >= 4 is 41.4 Å². The Balaban J connectivity index is 0.